The third kappa shape index (κ3) is 2.33. The summed E-state index contributed by atoms with van der Waals surface area (Å²) >= 11 is 0. The summed E-state index contributed by atoms with van der Waals surface area (Å²) in [6.45, 7) is 0. The Balaban J connectivity index is 1.96. The van der Waals surface area contributed by atoms with Crippen molar-refractivity contribution in [2.75, 3.05) is 7.11 Å². The molecule has 0 aliphatic rings. The molecule has 5 nitrogen and oxygen atoms in total. The Morgan fingerprint density at radius 1 is 1.19 bits per heavy atom. The van der Waals surface area contributed by atoms with Gasteiger partial charge in [-0.3, -0.25) is 4.79 Å². The Labute approximate surface area is 120 Å². The lowest BCUT2D eigenvalue weighted by Gasteiger charge is -2.03. The van der Waals surface area contributed by atoms with Gasteiger partial charge in [-0.2, -0.15) is 0 Å². The van der Waals surface area contributed by atoms with Crippen LogP contribution in [0.15, 0.2) is 51.7 Å². The second kappa shape index (κ2) is 5.28. The third-order valence-corrected chi connectivity index (χ3v) is 3.30. The van der Waals surface area contributed by atoms with E-state index in [9.17, 15) is 9.59 Å². The van der Waals surface area contributed by atoms with Crippen LogP contribution >= 0.6 is 0 Å². The smallest absolute Gasteiger partial charge is 0.323 e. The maximum absolute atomic E-state index is 11.5. The maximum Gasteiger partial charge on any atom is 0.323 e. The van der Waals surface area contributed by atoms with E-state index in [2.05, 4.69) is 4.74 Å². The number of aldehydes is 1. The number of furan rings is 2. The lowest BCUT2D eigenvalue weighted by molar-refractivity contribution is -0.144. The van der Waals surface area contributed by atoms with E-state index in [1.165, 1.54) is 13.4 Å². The van der Waals surface area contributed by atoms with Crippen LogP contribution in [-0.2, 0) is 14.3 Å². The molecule has 5 heteroatoms. The molecule has 0 amide bonds. The maximum atomic E-state index is 11.5. The lowest BCUT2D eigenvalue weighted by atomic mass is 10.0. The summed E-state index contributed by atoms with van der Waals surface area (Å²) < 4.78 is 15.2. The van der Waals surface area contributed by atoms with Gasteiger partial charge in [-0.1, -0.05) is 6.07 Å². The Morgan fingerprint density at radius 3 is 2.81 bits per heavy atom. The molecule has 21 heavy (non-hydrogen) atoms. The van der Waals surface area contributed by atoms with Crippen molar-refractivity contribution in [2.45, 2.75) is 5.92 Å². The van der Waals surface area contributed by atoms with Crippen LogP contribution in [-0.4, -0.2) is 19.4 Å². The highest BCUT2D eigenvalue weighted by molar-refractivity contribution is 5.93. The number of hydrogen-bond acceptors (Lipinski definition) is 5. The van der Waals surface area contributed by atoms with Crippen LogP contribution < -0.4 is 0 Å². The van der Waals surface area contributed by atoms with Crippen molar-refractivity contribution in [3.63, 3.8) is 0 Å². The molecule has 1 atom stereocenters. The van der Waals surface area contributed by atoms with Gasteiger partial charge in [-0.05, 0) is 29.8 Å². The predicted octanol–water partition coefficient (Wildman–Crippen LogP) is 3.15. The van der Waals surface area contributed by atoms with E-state index in [-0.39, 0.29) is 5.76 Å². The normalized spacial score (nSPS) is 12.2. The summed E-state index contributed by atoms with van der Waals surface area (Å²) in [7, 11) is 1.23. The highest BCUT2D eigenvalue weighted by atomic mass is 16.5. The molecule has 3 rings (SSSR count). The first kappa shape index (κ1) is 13.2. The van der Waals surface area contributed by atoms with Gasteiger partial charge in [0.25, 0.3) is 0 Å². The van der Waals surface area contributed by atoms with E-state index >= 15 is 0 Å². The SMILES string of the molecule is COC(=O)C(C=O)c1cc(-c2ccc3occc3c2)co1. The van der Waals surface area contributed by atoms with Gasteiger partial charge in [0.15, 0.2) is 5.92 Å². The zero-order chi connectivity index (χ0) is 14.8. The van der Waals surface area contributed by atoms with Crippen LogP contribution in [0.5, 0.6) is 0 Å². The monoisotopic (exact) mass is 284 g/mol. The summed E-state index contributed by atoms with van der Waals surface area (Å²) in [5.74, 6) is -1.42. The second-order valence-electron chi connectivity index (χ2n) is 4.55. The zero-order valence-corrected chi connectivity index (χ0v) is 11.2. The number of methoxy groups -OCH3 is 1. The first-order valence-corrected chi connectivity index (χ1v) is 6.32. The van der Waals surface area contributed by atoms with Gasteiger partial charge in [0.2, 0.25) is 0 Å². The largest absolute Gasteiger partial charge is 0.468 e. The number of benzene rings is 1. The third-order valence-electron chi connectivity index (χ3n) is 3.30. The highest BCUT2D eigenvalue weighted by Gasteiger charge is 2.24. The quantitative estimate of drug-likeness (QED) is 0.418. The molecule has 2 aromatic heterocycles. The molecular weight excluding hydrogens is 272 g/mol. The highest BCUT2D eigenvalue weighted by Crippen LogP contribution is 2.29. The fraction of sp³-hybridized carbons (Fsp3) is 0.125. The van der Waals surface area contributed by atoms with Crippen LogP contribution in [0.1, 0.15) is 11.7 Å². The summed E-state index contributed by atoms with van der Waals surface area (Å²) in [4.78, 5) is 22.5. The number of ether oxygens (including phenoxy) is 1. The van der Waals surface area contributed by atoms with Crippen LogP contribution in [0.3, 0.4) is 0 Å². The fourth-order valence-electron chi connectivity index (χ4n) is 2.18. The molecule has 0 fully saturated rings. The molecule has 0 saturated heterocycles. The molecule has 1 unspecified atom stereocenters. The van der Waals surface area contributed by atoms with Gasteiger partial charge in [0.05, 0.1) is 19.6 Å². The molecule has 106 valence electrons. The Bertz CT molecular complexity index is 796. The summed E-state index contributed by atoms with van der Waals surface area (Å²) in [5.41, 5.74) is 2.49. The van der Waals surface area contributed by atoms with Crippen LogP contribution in [0.4, 0.5) is 0 Å². The van der Waals surface area contributed by atoms with E-state index in [0.29, 0.717) is 6.29 Å². The topological polar surface area (TPSA) is 69.7 Å². The second-order valence-corrected chi connectivity index (χ2v) is 4.55. The van der Waals surface area contributed by atoms with Crippen molar-refractivity contribution in [1.29, 1.82) is 0 Å². The number of esters is 1. The number of rotatable bonds is 4. The van der Waals surface area contributed by atoms with Crippen LogP contribution in [0.2, 0.25) is 0 Å². The molecule has 1 aromatic carbocycles. The molecule has 0 saturated carbocycles. The van der Waals surface area contributed by atoms with Gasteiger partial charge in [0.1, 0.15) is 17.6 Å². The Morgan fingerprint density at radius 2 is 2.05 bits per heavy atom. The van der Waals surface area contributed by atoms with Gasteiger partial charge in [-0.25, -0.2) is 0 Å². The van der Waals surface area contributed by atoms with E-state index in [4.69, 9.17) is 8.83 Å². The van der Waals surface area contributed by atoms with E-state index in [0.717, 1.165) is 22.1 Å². The minimum absolute atomic E-state index is 0.263. The van der Waals surface area contributed by atoms with Gasteiger partial charge >= 0.3 is 5.97 Å². The molecule has 0 spiro atoms. The molecule has 0 N–H and O–H groups in total. The van der Waals surface area contributed by atoms with Gasteiger partial charge < -0.3 is 18.4 Å². The molecule has 0 radical (unpaired) electrons. The summed E-state index contributed by atoms with van der Waals surface area (Å²) in [6.07, 6.45) is 3.64. The van der Waals surface area contributed by atoms with E-state index in [1.54, 1.807) is 12.3 Å². The summed E-state index contributed by atoms with van der Waals surface area (Å²) in [6, 6.07) is 9.21. The predicted molar refractivity (Wildman–Crippen MR) is 74.7 cm³/mol. The fourth-order valence-corrected chi connectivity index (χ4v) is 2.18. The molecule has 0 aliphatic heterocycles. The standard InChI is InChI=1S/C16H12O5/c1-19-16(18)13(8-17)15-7-12(9-21-15)10-2-3-14-11(6-10)4-5-20-14/h2-9,13H,1H3. The number of carbonyl (C=O) groups excluding carboxylic acids is 2. The Kier molecular flexibility index (Phi) is 3.31. The van der Waals surface area contributed by atoms with Gasteiger partial charge in [-0.15, -0.1) is 0 Å². The number of carbonyl (C=O) groups is 2. The molecule has 2 heterocycles. The van der Waals surface area contributed by atoms with Crippen molar-refractivity contribution < 1.29 is 23.2 Å². The average Bonchev–Trinajstić information content (AvgIpc) is 3.15. The Hall–Kier alpha value is -2.82. The van der Waals surface area contributed by atoms with Crippen LogP contribution in [0.25, 0.3) is 22.1 Å². The van der Waals surface area contributed by atoms with Crippen molar-refractivity contribution in [3.8, 4) is 11.1 Å². The number of hydrogen-bond donors (Lipinski definition) is 0. The van der Waals surface area contributed by atoms with Crippen molar-refractivity contribution in [3.05, 3.63) is 48.6 Å². The minimum Gasteiger partial charge on any atom is -0.468 e. The lowest BCUT2D eigenvalue weighted by Crippen LogP contribution is -2.14. The molecule has 3 aromatic rings. The summed E-state index contributed by atoms with van der Waals surface area (Å²) in [5, 5.41) is 0.968. The molecule has 0 aliphatic carbocycles. The zero-order valence-electron chi connectivity index (χ0n) is 11.2. The van der Waals surface area contributed by atoms with Crippen molar-refractivity contribution in [1.82, 2.24) is 0 Å². The minimum atomic E-state index is -1.04. The van der Waals surface area contributed by atoms with Gasteiger partial charge in [0, 0.05) is 10.9 Å². The molecular formula is C16H12O5. The molecule has 0 bridgehead atoms. The van der Waals surface area contributed by atoms with Crippen molar-refractivity contribution in [2.24, 2.45) is 0 Å². The van der Waals surface area contributed by atoms with Crippen molar-refractivity contribution >= 4 is 23.2 Å². The van der Waals surface area contributed by atoms with E-state index < -0.39 is 11.9 Å². The number of fused-ring (bicyclic) bond motifs is 1. The average molecular weight is 284 g/mol. The first-order chi connectivity index (χ1) is 10.2. The van der Waals surface area contributed by atoms with E-state index in [1.807, 2.05) is 24.3 Å². The van der Waals surface area contributed by atoms with Crippen LogP contribution in [0, 0.1) is 0 Å². The first-order valence-electron chi connectivity index (χ1n) is 6.32.